The topological polar surface area (TPSA) is 75.6 Å². The minimum atomic E-state index is -1.31. The molecular weight excluding hydrogens is 390 g/mol. The first-order valence-electron chi connectivity index (χ1n) is 10.2. The van der Waals surface area contributed by atoms with Gasteiger partial charge in [-0.25, -0.2) is 4.79 Å². The van der Waals surface area contributed by atoms with Crippen LogP contribution in [0.15, 0.2) is 84.9 Å². The largest absolute Gasteiger partial charge is 0.478 e. The van der Waals surface area contributed by atoms with Crippen LogP contribution in [0.5, 0.6) is 5.75 Å². The summed E-state index contributed by atoms with van der Waals surface area (Å²) in [6, 6.07) is 26.6. The van der Waals surface area contributed by atoms with Crippen molar-refractivity contribution >= 4 is 11.9 Å². The smallest absolute Gasteiger partial charge is 0.347 e. The molecule has 3 rings (SSSR count). The maximum Gasteiger partial charge on any atom is 0.347 e. The first-order valence-corrected chi connectivity index (χ1v) is 10.2. The minimum absolute atomic E-state index is 0.0387. The van der Waals surface area contributed by atoms with Crippen molar-refractivity contribution in [3.05, 3.63) is 102 Å². The van der Waals surface area contributed by atoms with E-state index in [1.165, 1.54) is 13.8 Å². The highest BCUT2D eigenvalue weighted by molar-refractivity contribution is 5.79. The van der Waals surface area contributed by atoms with E-state index in [4.69, 9.17) is 4.74 Å². The van der Waals surface area contributed by atoms with Crippen LogP contribution in [0.25, 0.3) is 0 Å². The van der Waals surface area contributed by atoms with Crippen LogP contribution in [0, 0.1) is 0 Å². The highest BCUT2D eigenvalue weighted by Crippen LogP contribution is 2.23. The van der Waals surface area contributed by atoms with Crippen molar-refractivity contribution < 1.29 is 19.4 Å². The molecule has 1 unspecified atom stereocenters. The molecule has 0 heterocycles. The summed E-state index contributed by atoms with van der Waals surface area (Å²) in [4.78, 5) is 23.9. The summed E-state index contributed by atoms with van der Waals surface area (Å²) in [7, 11) is 0. The second-order valence-corrected chi connectivity index (χ2v) is 7.96. The number of hydrogen-bond acceptors (Lipinski definition) is 3. The third kappa shape index (κ3) is 6.44. The summed E-state index contributed by atoms with van der Waals surface area (Å²) >= 11 is 0. The molecule has 0 aliphatic heterocycles. The monoisotopic (exact) mass is 417 g/mol. The lowest BCUT2D eigenvalue weighted by atomic mass is 9.98. The number of rotatable bonds is 9. The van der Waals surface area contributed by atoms with Gasteiger partial charge in [0.2, 0.25) is 5.91 Å². The van der Waals surface area contributed by atoms with Crippen molar-refractivity contribution in [2.75, 3.05) is 0 Å². The highest BCUT2D eigenvalue weighted by atomic mass is 16.5. The van der Waals surface area contributed by atoms with Gasteiger partial charge in [0, 0.05) is 0 Å². The first kappa shape index (κ1) is 22.1. The van der Waals surface area contributed by atoms with Crippen molar-refractivity contribution in [3.63, 3.8) is 0 Å². The highest BCUT2D eigenvalue weighted by Gasteiger charge is 2.29. The summed E-state index contributed by atoms with van der Waals surface area (Å²) in [5, 5.41) is 12.4. The number of hydrogen-bond donors (Lipinski definition) is 2. The Kier molecular flexibility index (Phi) is 7.08. The van der Waals surface area contributed by atoms with E-state index in [2.05, 4.69) is 5.32 Å². The number of carbonyl (C=O) groups is 2. The predicted octanol–water partition coefficient (Wildman–Crippen LogP) is 4.57. The minimum Gasteiger partial charge on any atom is -0.478 e. The van der Waals surface area contributed by atoms with E-state index in [0.29, 0.717) is 18.6 Å². The van der Waals surface area contributed by atoms with E-state index < -0.39 is 11.6 Å². The van der Waals surface area contributed by atoms with Crippen molar-refractivity contribution in [2.24, 2.45) is 0 Å². The summed E-state index contributed by atoms with van der Waals surface area (Å²) in [5.74, 6) is -0.578. The van der Waals surface area contributed by atoms with Crippen LogP contribution in [-0.2, 0) is 22.4 Å². The molecule has 0 spiro atoms. The molecule has 0 aromatic heterocycles. The number of nitrogens with one attached hydrogen (secondary N) is 1. The lowest BCUT2D eigenvalue weighted by Crippen LogP contribution is -2.37. The molecule has 5 nitrogen and oxygen atoms in total. The van der Waals surface area contributed by atoms with E-state index in [1.54, 1.807) is 12.1 Å². The van der Waals surface area contributed by atoms with Crippen LogP contribution in [0.2, 0.25) is 0 Å². The quantitative estimate of drug-likeness (QED) is 0.535. The van der Waals surface area contributed by atoms with Crippen molar-refractivity contribution in [1.82, 2.24) is 5.32 Å². The Labute approximate surface area is 182 Å². The first-order chi connectivity index (χ1) is 14.8. The molecule has 0 fully saturated rings. The van der Waals surface area contributed by atoms with Crippen LogP contribution >= 0.6 is 0 Å². The number of carboxylic acids is 1. The van der Waals surface area contributed by atoms with Gasteiger partial charge in [0.25, 0.3) is 0 Å². The molecule has 0 saturated heterocycles. The van der Waals surface area contributed by atoms with Crippen LogP contribution in [-0.4, -0.2) is 22.6 Å². The Morgan fingerprint density at radius 1 is 0.871 bits per heavy atom. The second kappa shape index (κ2) is 9.94. The molecule has 3 aromatic carbocycles. The Hall–Kier alpha value is -3.60. The molecule has 160 valence electrons. The second-order valence-electron chi connectivity index (χ2n) is 7.96. The van der Waals surface area contributed by atoms with E-state index >= 15 is 0 Å². The van der Waals surface area contributed by atoms with Gasteiger partial charge in [-0.05, 0) is 49.1 Å². The Balaban J connectivity index is 1.72. The maximum atomic E-state index is 12.7. The van der Waals surface area contributed by atoms with Gasteiger partial charge in [0.1, 0.15) is 5.75 Å². The lowest BCUT2D eigenvalue weighted by molar-refractivity contribution is -0.152. The zero-order valence-electron chi connectivity index (χ0n) is 17.7. The molecule has 0 aliphatic carbocycles. The van der Waals surface area contributed by atoms with Crippen LogP contribution in [0.3, 0.4) is 0 Å². The normalized spacial score (nSPS) is 12.1. The number of ether oxygens (including phenoxy) is 1. The third-order valence-corrected chi connectivity index (χ3v) is 5.00. The van der Waals surface area contributed by atoms with Crippen molar-refractivity contribution in [3.8, 4) is 5.75 Å². The summed E-state index contributed by atoms with van der Waals surface area (Å²) < 4.78 is 5.57. The Morgan fingerprint density at radius 2 is 1.45 bits per heavy atom. The Bertz CT molecular complexity index is 999. The SMILES string of the molecule is CC(C)(Oc1ccc(CC(NC(=O)Cc2ccccc2)c2ccccc2)cc1)C(=O)O. The molecule has 2 N–H and O–H groups in total. The van der Waals surface area contributed by atoms with Gasteiger partial charge in [-0.2, -0.15) is 0 Å². The molecule has 5 heteroatoms. The van der Waals surface area contributed by atoms with Gasteiger partial charge in [0.05, 0.1) is 12.5 Å². The average Bonchev–Trinajstić information content (AvgIpc) is 2.75. The number of amides is 1. The van der Waals surface area contributed by atoms with E-state index in [-0.39, 0.29) is 11.9 Å². The molecule has 3 aromatic rings. The summed E-state index contributed by atoms with van der Waals surface area (Å²) in [6.07, 6.45) is 0.925. The van der Waals surface area contributed by atoms with Gasteiger partial charge in [0.15, 0.2) is 5.60 Å². The molecule has 1 atom stereocenters. The molecular formula is C26H27NO4. The van der Waals surface area contributed by atoms with Crippen LogP contribution < -0.4 is 10.1 Å². The van der Waals surface area contributed by atoms with Crippen LogP contribution in [0.4, 0.5) is 0 Å². The van der Waals surface area contributed by atoms with Gasteiger partial charge in [-0.15, -0.1) is 0 Å². The molecule has 31 heavy (non-hydrogen) atoms. The lowest BCUT2D eigenvalue weighted by Gasteiger charge is -2.22. The molecule has 1 amide bonds. The number of benzene rings is 3. The fourth-order valence-corrected chi connectivity index (χ4v) is 3.23. The van der Waals surface area contributed by atoms with Crippen LogP contribution in [0.1, 0.15) is 36.6 Å². The average molecular weight is 418 g/mol. The summed E-state index contributed by atoms with van der Waals surface area (Å²) in [6.45, 7) is 3.02. The van der Waals surface area contributed by atoms with Gasteiger partial charge < -0.3 is 15.2 Å². The third-order valence-electron chi connectivity index (χ3n) is 5.00. The molecule has 0 aliphatic rings. The van der Waals surface area contributed by atoms with Gasteiger partial charge in [-0.3, -0.25) is 4.79 Å². The standard InChI is InChI=1S/C26H27NO4/c1-26(2,25(29)30)31-22-15-13-20(14-16-22)17-23(21-11-7-4-8-12-21)27-24(28)18-19-9-5-3-6-10-19/h3-16,23H,17-18H2,1-2H3,(H,27,28)(H,29,30). The maximum absolute atomic E-state index is 12.7. The van der Waals surface area contributed by atoms with E-state index in [1.807, 2.05) is 72.8 Å². The molecule has 0 bridgehead atoms. The fraction of sp³-hybridized carbons (Fsp3) is 0.231. The number of carboxylic acid groups (broad SMARTS) is 1. The Morgan fingerprint density at radius 3 is 2.03 bits per heavy atom. The van der Waals surface area contributed by atoms with E-state index in [9.17, 15) is 14.7 Å². The van der Waals surface area contributed by atoms with Crippen molar-refractivity contribution in [1.29, 1.82) is 0 Å². The number of aliphatic carboxylic acids is 1. The predicted molar refractivity (Wildman–Crippen MR) is 120 cm³/mol. The fourth-order valence-electron chi connectivity index (χ4n) is 3.23. The molecule has 0 saturated carbocycles. The van der Waals surface area contributed by atoms with Gasteiger partial charge in [-0.1, -0.05) is 72.8 Å². The van der Waals surface area contributed by atoms with Crippen molar-refractivity contribution in [2.45, 2.75) is 38.3 Å². The zero-order chi connectivity index (χ0) is 22.3. The molecule has 0 radical (unpaired) electrons. The number of carbonyl (C=O) groups excluding carboxylic acids is 1. The summed E-state index contributed by atoms with van der Waals surface area (Å²) in [5.41, 5.74) is 1.69. The van der Waals surface area contributed by atoms with E-state index in [0.717, 1.165) is 16.7 Å². The van der Waals surface area contributed by atoms with Gasteiger partial charge >= 0.3 is 5.97 Å². The zero-order valence-corrected chi connectivity index (χ0v) is 17.7.